The zero-order chi connectivity index (χ0) is 17.5. The molecule has 1 N–H and O–H groups in total. The summed E-state index contributed by atoms with van der Waals surface area (Å²) in [6.07, 6.45) is 0. The van der Waals surface area contributed by atoms with Crippen LogP contribution in [-0.4, -0.2) is 7.11 Å². The highest BCUT2D eigenvalue weighted by molar-refractivity contribution is 5.55. The van der Waals surface area contributed by atoms with Crippen LogP contribution in [-0.2, 0) is 13.2 Å². The van der Waals surface area contributed by atoms with Crippen LogP contribution in [0.2, 0.25) is 0 Å². The van der Waals surface area contributed by atoms with E-state index in [1.165, 1.54) is 11.1 Å². The molecule has 0 atom stereocenters. The predicted molar refractivity (Wildman–Crippen MR) is 102 cm³/mol. The molecule has 0 bridgehead atoms. The van der Waals surface area contributed by atoms with Crippen molar-refractivity contribution in [1.82, 2.24) is 0 Å². The van der Waals surface area contributed by atoms with E-state index in [1.54, 1.807) is 7.11 Å². The van der Waals surface area contributed by atoms with Gasteiger partial charge in [-0.05, 0) is 30.2 Å². The lowest BCUT2D eigenvalue weighted by atomic mass is 10.1. The van der Waals surface area contributed by atoms with Crippen molar-refractivity contribution in [2.24, 2.45) is 0 Å². The summed E-state index contributed by atoms with van der Waals surface area (Å²) in [5, 5.41) is 3.43. The lowest BCUT2D eigenvalue weighted by molar-refractivity contribution is 0.284. The number of benzene rings is 3. The van der Waals surface area contributed by atoms with Crippen molar-refractivity contribution in [3.05, 3.63) is 89.5 Å². The third-order valence-electron chi connectivity index (χ3n) is 4.02. The molecule has 0 saturated carbocycles. The summed E-state index contributed by atoms with van der Waals surface area (Å²) in [5.41, 5.74) is 4.64. The average Bonchev–Trinajstić information content (AvgIpc) is 2.67. The average molecular weight is 333 g/mol. The molecule has 3 rings (SSSR count). The number of rotatable bonds is 7. The number of anilines is 1. The maximum Gasteiger partial charge on any atom is 0.163 e. The maximum absolute atomic E-state index is 5.96. The van der Waals surface area contributed by atoms with Crippen molar-refractivity contribution in [1.29, 1.82) is 0 Å². The minimum Gasteiger partial charge on any atom is -0.493 e. The molecule has 0 amide bonds. The third-order valence-corrected chi connectivity index (χ3v) is 4.02. The van der Waals surface area contributed by atoms with Crippen molar-refractivity contribution < 1.29 is 9.47 Å². The van der Waals surface area contributed by atoms with E-state index in [4.69, 9.17) is 9.47 Å². The van der Waals surface area contributed by atoms with Gasteiger partial charge in [-0.3, -0.25) is 0 Å². The van der Waals surface area contributed by atoms with Gasteiger partial charge in [0.15, 0.2) is 11.5 Å². The van der Waals surface area contributed by atoms with Gasteiger partial charge in [0.2, 0.25) is 0 Å². The van der Waals surface area contributed by atoms with Crippen LogP contribution in [0.1, 0.15) is 16.7 Å². The second-order valence-corrected chi connectivity index (χ2v) is 5.98. The number of aryl methyl sites for hydroxylation is 1. The molecule has 3 nitrogen and oxygen atoms in total. The molecule has 0 unspecified atom stereocenters. The molecule has 0 aliphatic heterocycles. The molecule has 0 saturated heterocycles. The summed E-state index contributed by atoms with van der Waals surface area (Å²) in [6.45, 7) is 3.38. The molecule has 3 heteroatoms. The highest BCUT2D eigenvalue weighted by Gasteiger charge is 2.06. The SMILES string of the molecule is COc1ccc(NCc2ccc(C)cc2)cc1OCc1ccccc1. The summed E-state index contributed by atoms with van der Waals surface area (Å²) in [4.78, 5) is 0. The van der Waals surface area contributed by atoms with Gasteiger partial charge in [-0.25, -0.2) is 0 Å². The second-order valence-electron chi connectivity index (χ2n) is 5.98. The van der Waals surface area contributed by atoms with Gasteiger partial charge in [-0.15, -0.1) is 0 Å². The van der Waals surface area contributed by atoms with Crippen molar-refractivity contribution in [3.63, 3.8) is 0 Å². The number of methoxy groups -OCH3 is 1. The van der Waals surface area contributed by atoms with Crippen LogP contribution in [0.3, 0.4) is 0 Å². The Balaban J connectivity index is 1.67. The van der Waals surface area contributed by atoms with E-state index in [0.717, 1.165) is 29.3 Å². The molecular weight excluding hydrogens is 310 g/mol. The summed E-state index contributed by atoms with van der Waals surface area (Å²) in [7, 11) is 1.66. The zero-order valence-electron chi connectivity index (χ0n) is 14.7. The number of hydrogen-bond acceptors (Lipinski definition) is 3. The Kier molecular flexibility index (Phi) is 5.57. The van der Waals surface area contributed by atoms with Crippen LogP contribution < -0.4 is 14.8 Å². The summed E-state index contributed by atoms with van der Waals surface area (Å²) in [6, 6.07) is 24.6. The van der Waals surface area contributed by atoms with Crippen molar-refractivity contribution in [2.75, 3.05) is 12.4 Å². The second kappa shape index (κ2) is 8.25. The molecule has 3 aromatic rings. The molecule has 0 heterocycles. The summed E-state index contributed by atoms with van der Waals surface area (Å²) >= 11 is 0. The largest absolute Gasteiger partial charge is 0.493 e. The Morgan fingerprint density at radius 2 is 1.56 bits per heavy atom. The number of nitrogens with one attached hydrogen (secondary N) is 1. The molecule has 0 aliphatic rings. The Labute approximate surface area is 149 Å². The van der Waals surface area contributed by atoms with Gasteiger partial charge >= 0.3 is 0 Å². The van der Waals surface area contributed by atoms with E-state index < -0.39 is 0 Å². The molecule has 25 heavy (non-hydrogen) atoms. The van der Waals surface area contributed by atoms with Crippen LogP contribution in [0.4, 0.5) is 5.69 Å². The highest BCUT2D eigenvalue weighted by atomic mass is 16.5. The Bertz CT molecular complexity index is 798. The zero-order valence-corrected chi connectivity index (χ0v) is 14.7. The molecule has 0 spiro atoms. The van der Waals surface area contributed by atoms with Gasteiger partial charge in [0.1, 0.15) is 6.61 Å². The van der Waals surface area contributed by atoms with Crippen LogP contribution in [0.15, 0.2) is 72.8 Å². The first-order chi connectivity index (χ1) is 12.2. The van der Waals surface area contributed by atoms with Crippen LogP contribution in [0.25, 0.3) is 0 Å². The van der Waals surface area contributed by atoms with Gasteiger partial charge in [0.25, 0.3) is 0 Å². The first-order valence-electron chi connectivity index (χ1n) is 8.39. The Hall–Kier alpha value is -2.94. The standard InChI is InChI=1S/C22H23NO2/c1-17-8-10-18(11-9-17)15-23-20-12-13-21(24-2)22(14-20)25-16-19-6-4-3-5-7-19/h3-14,23H,15-16H2,1-2H3. The van der Waals surface area contributed by atoms with Gasteiger partial charge in [0, 0.05) is 18.3 Å². The Morgan fingerprint density at radius 3 is 2.28 bits per heavy atom. The van der Waals surface area contributed by atoms with Gasteiger partial charge < -0.3 is 14.8 Å². The van der Waals surface area contributed by atoms with Gasteiger partial charge in [-0.2, -0.15) is 0 Å². The quantitative estimate of drug-likeness (QED) is 0.645. The van der Waals surface area contributed by atoms with E-state index in [9.17, 15) is 0 Å². The Morgan fingerprint density at radius 1 is 0.800 bits per heavy atom. The molecule has 0 fully saturated rings. The van der Waals surface area contributed by atoms with Crippen LogP contribution in [0, 0.1) is 6.92 Å². The van der Waals surface area contributed by atoms with E-state index in [2.05, 4.69) is 36.5 Å². The van der Waals surface area contributed by atoms with Crippen molar-refractivity contribution >= 4 is 5.69 Å². The van der Waals surface area contributed by atoms with Crippen molar-refractivity contribution in [3.8, 4) is 11.5 Å². The van der Waals surface area contributed by atoms with Crippen molar-refractivity contribution in [2.45, 2.75) is 20.1 Å². The lowest BCUT2D eigenvalue weighted by Gasteiger charge is -2.14. The number of ether oxygens (including phenoxy) is 2. The highest BCUT2D eigenvalue weighted by Crippen LogP contribution is 2.31. The minimum absolute atomic E-state index is 0.513. The smallest absolute Gasteiger partial charge is 0.163 e. The van der Waals surface area contributed by atoms with Crippen LogP contribution >= 0.6 is 0 Å². The summed E-state index contributed by atoms with van der Waals surface area (Å²) < 4.78 is 11.4. The predicted octanol–water partition coefficient (Wildman–Crippen LogP) is 5.19. The van der Waals surface area contributed by atoms with Crippen LogP contribution in [0.5, 0.6) is 11.5 Å². The van der Waals surface area contributed by atoms with E-state index in [1.807, 2.05) is 48.5 Å². The fourth-order valence-electron chi connectivity index (χ4n) is 2.54. The van der Waals surface area contributed by atoms with E-state index in [-0.39, 0.29) is 0 Å². The molecule has 0 aromatic heterocycles. The third kappa shape index (κ3) is 4.77. The van der Waals surface area contributed by atoms with Gasteiger partial charge in [0.05, 0.1) is 7.11 Å². The molecule has 0 aliphatic carbocycles. The molecular formula is C22H23NO2. The van der Waals surface area contributed by atoms with Gasteiger partial charge in [-0.1, -0.05) is 60.2 Å². The first kappa shape index (κ1) is 16.9. The normalized spacial score (nSPS) is 10.3. The molecule has 128 valence electrons. The monoisotopic (exact) mass is 333 g/mol. The van der Waals surface area contributed by atoms with E-state index in [0.29, 0.717) is 6.61 Å². The lowest BCUT2D eigenvalue weighted by Crippen LogP contribution is -2.01. The van der Waals surface area contributed by atoms with E-state index >= 15 is 0 Å². The molecule has 0 radical (unpaired) electrons. The minimum atomic E-state index is 0.513. The first-order valence-corrected chi connectivity index (χ1v) is 8.39. The maximum atomic E-state index is 5.96. The topological polar surface area (TPSA) is 30.5 Å². The fraction of sp³-hybridized carbons (Fsp3) is 0.182. The fourth-order valence-corrected chi connectivity index (χ4v) is 2.54. The number of hydrogen-bond donors (Lipinski definition) is 1. The summed E-state index contributed by atoms with van der Waals surface area (Å²) in [5.74, 6) is 1.47. The molecule has 3 aromatic carbocycles.